The highest BCUT2D eigenvalue weighted by atomic mass is 16.8. The van der Waals surface area contributed by atoms with Crippen molar-refractivity contribution < 1.29 is 48.7 Å². The van der Waals surface area contributed by atoms with Crippen LogP contribution in [0, 0.1) is 28.1 Å². The van der Waals surface area contributed by atoms with Gasteiger partial charge in [-0.1, -0.05) is 20.8 Å². The summed E-state index contributed by atoms with van der Waals surface area (Å²) in [4.78, 5) is 38.4. The summed E-state index contributed by atoms with van der Waals surface area (Å²) in [6, 6.07) is -0.926. The van der Waals surface area contributed by atoms with E-state index in [4.69, 9.17) is 24.7 Å². The van der Waals surface area contributed by atoms with Crippen LogP contribution in [0.3, 0.4) is 0 Å². The van der Waals surface area contributed by atoms with E-state index in [9.17, 15) is 29.7 Å². The lowest BCUT2D eigenvalue weighted by atomic mass is 9.51. The summed E-state index contributed by atoms with van der Waals surface area (Å²) >= 11 is 0. The van der Waals surface area contributed by atoms with Gasteiger partial charge in [-0.05, 0) is 18.3 Å². The predicted molar refractivity (Wildman–Crippen MR) is 95.4 cm³/mol. The monoisotopic (exact) mass is 439 g/mol. The smallest absolute Gasteiger partial charge is 0.343 e. The lowest BCUT2D eigenvalue weighted by molar-refractivity contribution is -0.239. The Balaban J connectivity index is 1.75. The molecule has 6 aliphatic rings. The van der Waals surface area contributed by atoms with Crippen molar-refractivity contribution in [2.75, 3.05) is 0 Å². The van der Waals surface area contributed by atoms with Gasteiger partial charge in [-0.2, -0.15) is 0 Å². The predicted octanol–water partition coefficient (Wildman–Crippen LogP) is -2.43. The molecule has 5 N–H and O–H groups in total. The fourth-order valence-corrected chi connectivity index (χ4v) is 8.41. The van der Waals surface area contributed by atoms with Crippen molar-refractivity contribution in [3.05, 3.63) is 0 Å². The zero-order valence-electron chi connectivity index (χ0n) is 17.4. The number of aliphatic hydroxyl groups is 3. The van der Waals surface area contributed by atoms with Crippen molar-refractivity contribution >= 4 is 17.9 Å². The first-order chi connectivity index (χ1) is 14.3. The van der Waals surface area contributed by atoms with E-state index in [2.05, 4.69) is 0 Å². The summed E-state index contributed by atoms with van der Waals surface area (Å²) < 4.78 is 22.5. The first-order valence-corrected chi connectivity index (χ1v) is 10.4. The zero-order valence-corrected chi connectivity index (χ0v) is 17.4. The molecule has 31 heavy (non-hydrogen) atoms. The molecule has 4 aliphatic heterocycles. The molecule has 0 amide bonds. The third-order valence-corrected chi connectivity index (χ3v) is 9.03. The minimum Gasteiger partial charge on any atom is -0.458 e. The number of esters is 3. The molecule has 2 spiro atoms. The van der Waals surface area contributed by atoms with Gasteiger partial charge in [0, 0.05) is 6.04 Å². The van der Waals surface area contributed by atoms with Gasteiger partial charge in [-0.3, -0.25) is 4.79 Å². The summed E-state index contributed by atoms with van der Waals surface area (Å²) in [5, 5.41) is 34.8. The Labute approximate surface area is 176 Å². The van der Waals surface area contributed by atoms with Crippen LogP contribution in [0.4, 0.5) is 0 Å². The zero-order chi connectivity index (χ0) is 22.7. The number of rotatable bonds is 0. The van der Waals surface area contributed by atoms with Crippen LogP contribution < -0.4 is 5.73 Å². The molecule has 11 nitrogen and oxygen atoms in total. The summed E-state index contributed by atoms with van der Waals surface area (Å²) in [6.07, 6.45) is -7.75. The number of fused-ring (bicyclic) bond motifs is 1. The summed E-state index contributed by atoms with van der Waals surface area (Å²) in [6.45, 7) is 6.90. The molecule has 0 aromatic carbocycles. The number of ether oxygens (including phenoxy) is 4. The van der Waals surface area contributed by atoms with Crippen molar-refractivity contribution in [3.63, 3.8) is 0 Å². The molecule has 12 atom stereocenters. The molecule has 0 aromatic heterocycles. The topological polar surface area (TPSA) is 175 Å². The Hall–Kier alpha value is -1.79. The molecular formula is C20H25NO10. The minimum absolute atomic E-state index is 0.667. The lowest BCUT2D eigenvalue weighted by Crippen LogP contribution is -2.67. The maximum Gasteiger partial charge on any atom is 0.343 e. The third-order valence-electron chi connectivity index (χ3n) is 9.03. The highest BCUT2D eigenvalue weighted by molar-refractivity contribution is 5.94. The van der Waals surface area contributed by atoms with E-state index in [1.807, 2.05) is 20.8 Å². The first-order valence-electron chi connectivity index (χ1n) is 10.4. The quantitative estimate of drug-likeness (QED) is 0.233. The van der Waals surface area contributed by atoms with E-state index in [1.54, 1.807) is 0 Å². The van der Waals surface area contributed by atoms with Crippen LogP contribution in [0.5, 0.6) is 0 Å². The second-order valence-corrected chi connectivity index (χ2v) is 10.9. The number of hydrogen-bond acceptors (Lipinski definition) is 11. The first kappa shape index (κ1) is 19.9. The maximum atomic E-state index is 13.4. The van der Waals surface area contributed by atoms with Gasteiger partial charge in [-0.15, -0.1) is 0 Å². The van der Waals surface area contributed by atoms with Crippen LogP contribution in [0.2, 0.25) is 0 Å². The summed E-state index contributed by atoms with van der Waals surface area (Å²) in [7, 11) is 0. The molecule has 170 valence electrons. The van der Waals surface area contributed by atoms with Gasteiger partial charge in [-0.25, -0.2) is 9.59 Å². The van der Waals surface area contributed by atoms with Gasteiger partial charge in [0.05, 0.1) is 16.7 Å². The molecule has 2 aliphatic carbocycles. The Morgan fingerprint density at radius 2 is 1.65 bits per heavy atom. The average Bonchev–Trinajstić information content (AvgIpc) is 3.35. The molecular weight excluding hydrogens is 414 g/mol. The number of hydrogen-bond donors (Lipinski definition) is 4. The molecule has 4 heterocycles. The van der Waals surface area contributed by atoms with Crippen molar-refractivity contribution in [2.24, 2.45) is 33.8 Å². The second-order valence-electron chi connectivity index (χ2n) is 10.9. The molecule has 0 aromatic rings. The van der Waals surface area contributed by atoms with Crippen LogP contribution in [0.25, 0.3) is 0 Å². The summed E-state index contributed by atoms with van der Waals surface area (Å²) in [5.74, 6) is -4.79. The largest absolute Gasteiger partial charge is 0.458 e. The molecule has 6 fully saturated rings. The van der Waals surface area contributed by atoms with Crippen LogP contribution in [-0.2, 0) is 33.3 Å². The SMILES string of the molecule is C[C@@H]1C(=O)O[C@H]2[C@H](O)[C@@]34[C@@H]5OC(=O)[C@]3(O[C@@H]3OC(=O)[C@H](O)[C@]34[C@H](C(C)(C)C)[C@@H]5N)[C@@]12O. The number of carbonyl (C=O) groups is 3. The van der Waals surface area contributed by atoms with Crippen LogP contribution in [0.15, 0.2) is 0 Å². The maximum absolute atomic E-state index is 13.4. The molecule has 0 bridgehead atoms. The highest BCUT2D eigenvalue weighted by Crippen LogP contribution is 2.84. The van der Waals surface area contributed by atoms with E-state index in [0.29, 0.717) is 0 Å². The fraction of sp³-hybridized carbons (Fsp3) is 0.850. The van der Waals surface area contributed by atoms with Gasteiger partial charge < -0.3 is 40.0 Å². The van der Waals surface area contributed by atoms with Crippen molar-refractivity contribution in [1.29, 1.82) is 0 Å². The molecule has 4 saturated heterocycles. The van der Waals surface area contributed by atoms with E-state index in [-0.39, 0.29) is 0 Å². The average molecular weight is 439 g/mol. The normalized spacial score (nSPS) is 61.0. The minimum atomic E-state index is -2.32. The Morgan fingerprint density at radius 3 is 2.26 bits per heavy atom. The van der Waals surface area contributed by atoms with Crippen molar-refractivity contribution in [1.82, 2.24) is 0 Å². The van der Waals surface area contributed by atoms with E-state index < -0.39 is 93.9 Å². The van der Waals surface area contributed by atoms with Gasteiger partial charge in [0.15, 0.2) is 17.8 Å². The van der Waals surface area contributed by atoms with E-state index in [0.717, 1.165) is 0 Å². The lowest BCUT2D eigenvalue weighted by Gasteiger charge is -2.47. The van der Waals surface area contributed by atoms with E-state index >= 15 is 0 Å². The standard InChI is InChI=1S/C20H25NO10/c1-5-12(24)28-11-8(22)18-10-6(21)7(16(2,3)4)17(18)9(23)13(25)30-15(17)31-20(18,14(26)29-10)19(5,11)27/h5-11,15,22-23,27H,21H2,1-4H3/t5-,6+,7+,8+,9+,10-,11+,15+,17-,18+,19-,20-/m1/s1. The van der Waals surface area contributed by atoms with Gasteiger partial charge in [0.2, 0.25) is 11.9 Å². The van der Waals surface area contributed by atoms with Crippen LogP contribution in [-0.4, -0.2) is 81.2 Å². The fourth-order valence-electron chi connectivity index (χ4n) is 8.41. The van der Waals surface area contributed by atoms with Gasteiger partial charge in [0.25, 0.3) is 0 Å². The molecule has 11 heteroatoms. The van der Waals surface area contributed by atoms with Crippen molar-refractivity contribution in [2.45, 2.75) is 75.6 Å². The molecule has 6 rings (SSSR count). The van der Waals surface area contributed by atoms with Crippen LogP contribution in [0.1, 0.15) is 27.7 Å². The van der Waals surface area contributed by atoms with E-state index in [1.165, 1.54) is 6.92 Å². The molecule has 0 radical (unpaired) electrons. The Bertz CT molecular complexity index is 962. The number of nitrogens with two attached hydrogens (primary N) is 1. The Morgan fingerprint density at radius 1 is 1.00 bits per heavy atom. The van der Waals surface area contributed by atoms with Gasteiger partial charge in [0.1, 0.15) is 12.2 Å². The summed E-state index contributed by atoms with van der Waals surface area (Å²) in [5.41, 5.74) is -2.28. The highest BCUT2D eigenvalue weighted by Gasteiger charge is 3.04. The third kappa shape index (κ3) is 1.43. The number of aliphatic hydroxyl groups excluding tert-OH is 2. The number of carbonyl (C=O) groups excluding carboxylic acids is 3. The van der Waals surface area contributed by atoms with Crippen molar-refractivity contribution in [3.8, 4) is 0 Å². The molecule has 2 saturated carbocycles. The van der Waals surface area contributed by atoms with Crippen LogP contribution >= 0.6 is 0 Å². The molecule has 0 unspecified atom stereocenters. The van der Waals surface area contributed by atoms with Gasteiger partial charge >= 0.3 is 17.9 Å². The second kappa shape index (κ2) is 4.91. The Kier molecular flexibility index (Phi) is 3.15.